The number of aromatic amines is 1. The van der Waals surface area contributed by atoms with E-state index in [1.165, 1.54) is 11.6 Å². The average molecular weight is 277 g/mol. The molecule has 5 heteroatoms. The number of hydrogen-bond donors (Lipinski definition) is 2. The third-order valence-electron chi connectivity index (χ3n) is 3.84. The molecule has 1 atom stereocenters. The number of nitrogens with zero attached hydrogens (tertiary/aromatic N) is 1. The molecule has 1 heterocycles. The second-order valence-electron chi connectivity index (χ2n) is 4.97. The van der Waals surface area contributed by atoms with Gasteiger partial charge >= 0.3 is 0 Å². The SMILES string of the molecule is NCc1c[nH]c(=S)n1C1CCc2cc(F)ccc2C1. The lowest BCUT2D eigenvalue weighted by molar-refractivity contribution is 0.426. The molecule has 1 aliphatic rings. The van der Waals surface area contributed by atoms with Crippen molar-refractivity contribution in [2.24, 2.45) is 5.73 Å². The molecule has 0 aliphatic heterocycles. The Labute approximate surface area is 116 Å². The van der Waals surface area contributed by atoms with E-state index in [1.807, 2.05) is 12.3 Å². The van der Waals surface area contributed by atoms with Gasteiger partial charge in [-0.25, -0.2) is 4.39 Å². The molecule has 0 amide bonds. The number of rotatable bonds is 2. The van der Waals surface area contributed by atoms with Crippen LogP contribution in [0.5, 0.6) is 0 Å². The van der Waals surface area contributed by atoms with E-state index in [4.69, 9.17) is 18.0 Å². The van der Waals surface area contributed by atoms with Gasteiger partial charge in [-0.2, -0.15) is 0 Å². The highest BCUT2D eigenvalue weighted by molar-refractivity contribution is 7.71. The molecule has 0 radical (unpaired) electrons. The van der Waals surface area contributed by atoms with E-state index >= 15 is 0 Å². The number of aromatic nitrogens is 2. The zero-order valence-corrected chi connectivity index (χ0v) is 11.3. The molecule has 3 N–H and O–H groups in total. The molecular weight excluding hydrogens is 261 g/mol. The van der Waals surface area contributed by atoms with Gasteiger partial charge < -0.3 is 15.3 Å². The summed E-state index contributed by atoms with van der Waals surface area (Å²) in [5.41, 5.74) is 9.11. The molecule has 0 bridgehead atoms. The highest BCUT2D eigenvalue weighted by Crippen LogP contribution is 2.30. The van der Waals surface area contributed by atoms with E-state index in [0.717, 1.165) is 35.3 Å². The van der Waals surface area contributed by atoms with Crippen molar-refractivity contribution >= 4 is 12.2 Å². The van der Waals surface area contributed by atoms with Crippen molar-refractivity contribution in [3.05, 3.63) is 51.8 Å². The number of hydrogen-bond acceptors (Lipinski definition) is 2. The zero-order chi connectivity index (χ0) is 13.4. The van der Waals surface area contributed by atoms with Gasteiger partial charge in [0.05, 0.1) is 5.69 Å². The Morgan fingerprint density at radius 1 is 1.42 bits per heavy atom. The Balaban J connectivity index is 1.95. The molecule has 2 aromatic rings. The summed E-state index contributed by atoms with van der Waals surface area (Å²) < 4.78 is 16.0. The topological polar surface area (TPSA) is 46.7 Å². The largest absolute Gasteiger partial charge is 0.337 e. The fraction of sp³-hybridized carbons (Fsp3) is 0.357. The van der Waals surface area contributed by atoms with Crippen molar-refractivity contribution in [2.45, 2.75) is 31.8 Å². The zero-order valence-electron chi connectivity index (χ0n) is 10.5. The lowest BCUT2D eigenvalue weighted by atomic mass is 9.88. The maximum atomic E-state index is 13.2. The minimum atomic E-state index is -0.155. The normalized spacial score (nSPS) is 18.3. The van der Waals surface area contributed by atoms with Gasteiger partial charge in [-0.3, -0.25) is 0 Å². The van der Waals surface area contributed by atoms with Crippen LogP contribution in [0.4, 0.5) is 4.39 Å². The highest BCUT2D eigenvalue weighted by atomic mass is 32.1. The van der Waals surface area contributed by atoms with Gasteiger partial charge in [0.15, 0.2) is 4.77 Å². The number of fused-ring (bicyclic) bond motifs is 1. The van der Waals surface area contributed by atoms with E-state index in [2.05, 4.69) is 9.55 Å². The fourth-order valence-electron chi connectivity index (χ4n) is 2.90. The molecule has 0 saturated heterocycles. The summed E-state index contributed by atoms with van der Waals surface area (Å²) in [6.07, 6.45) is 4.61. The monoisotopic (exact) mass is 277 g/mol. The Bertz CT molecular complexity index is 659. The van der Waals surface area contributed by atoms with Crippen molar-refractivity contribution in [1.82, 2.24) is 9.55 Å². The molecule has 100 valence electrons. The molecule has 0 fully saturated rings. The predicted octanol–water partition coefficient (Wildman–Crippen LogP) is 2.87. The highest BCUT2D eigenvalue weighted by Gasteiger charge is 2.22. The van der Waals surface area contributed by atoms with Crippen LogP contribution in [-0.2, 0) is 19.4 Å². The van der Waals surface area contributed by atoms with Crippen molar-refractivity contribution in [2.75, 3.05) is 0 Å². The van der Waals surface area contributed by atoms with Crippen LogP contribution in [0.25, 0.3) is 0 Å². The second-order valence-corrected chi connectivity index (χ2v) is 5.36. The molecule has 1 aromatic carbocycles. The number of imidazole rings is 1. The maximum absolute atomic E-state index is 13.2. The molecule has 1 aromatic heterocycles. The van der Waals surface area contributed by atoms with E-state index in [9.17, 15) is 4.39 Å². The first-order valence-electron chi connectivity index (χ1n) is 6.45. The van der Waals surface area contributed by atoms with Crippen LogP contribution in [-0.4, -0.2) is 9.55 Å². The Hall–Kier alpha value is -1.46. The van der Waals surface area contributed by atoms with Crippen LogP contribution in [0, 0.1) is 10.6 Å². The van der Waals surface area contributed by atoms with Crippen molar-refractivity contribution in [3.63, 3.8) is 0 Å². The summed E-state index contributed by atoms with van der Waals surface area (Å²) >= 11 is 5.33. The van der Waals surface area contributed by atoms with E-state index in [1.54, 1.807) is 6.07 Å². The molecule has 3 nitrogen and oxygen atoms in total. The van der Waals surface area contributed by atoms with Gasteiger partial charge in [-0.05, 0) is 54.7 Å². The van der Waals surface area contributed by atoms with Gasteiger partial charge in [-0.15, -0.1) is 0 Å². The predicted molar refractivity (Wildman–Crippen MR) is 75.0 cm³/mol. The minimum absolute atomic E-state index is 0.155. The summed E-state index contributed by atoms with van der Waals surface area (Å²) in [5.74, 6) is -0.155. The molecular formula is C14H16FN3S. The quantitative estimate of drug-likeness (QED) is 0.829. The standard InChI is InChI=1S/C14H16FN3S/c15-11-3-1-10-6-12(4-2-9(10)5-11)18-13(7-16)8-17-14(18)19/h1,3,5,8,12H,2,4,6-7,16H2,(H,17,19). The molecule has 3 rings (SSSR count). The Kier molecular flexibility index (Phi) is 3.24. The number of H-pyrrole nitrogens is 1. The third kappa shape index (κ3) is 2.24. The van der Waals surface area contributed by atoms with Gasteiger partial charge in [0, 0.05) is 18.8 Å². The van der Waals surface area contributed by atoms with Gasteiger partial charge in [0.2, 0.25) is 0 Å². The van der Waals surface area contributed by atoms with Crippen LogP contribution in [0.15, 0.2) is 24.4 Å². The molecule has 0 spiro atoms. The Morgan fingerprint density at radius 2 is 2.26 bits per heavy atom. The number of benzene rings is 1. The number of nitrogens with one attached hydrogen (secondary N) is 1. The smallest absolute Gasteiger partial charge is 0.177 e. The van der Waals surface area contributed by atoms with Gasteiger partial charge in [-0.1, -0.05) is 6.07 Å². The number of halogens is 1. The van der Waals surface area contributed by atoms with Crippen molar-refractivity contribution < 1.29 is 4.39 Å². The van der Waals surface area contributed by atoms with Crippen LogP contribution >= 0.6 is 12.2 Å². The van der Waals surface area contributed by atoms with E-state index in [0.29, 0.717) is 12.6 Å². The minimum Gasteiger partial charge on any atom is -0.337 e. The fourth-order valence-corrected chi connectivity index (χ4v) is 3.22. The first-order valence-corrected chi connectivity index (χ1v) is 6.86. The summed E-state index contributed by atoms with van der Waals surface area (Å²) in [6, 6.07) is 5.37. The lowest BCUT2D eigenvalue weighted by Gasteiger charge is -2.27. The first kappa shape index (κ1) is 12.6. The van der Waals surface area contributed by atoms with Crippen molar-refractivity contribution in [3.8, 4) is 0 Å². The van der Waals surface area contributed by atoms with Crippen molar-refractivity contribution in [1.29, 1.82) is 0 Å². The first-order chi connectivity index (χ1) is 9.19. The van der Waals surface area contributed by atoms with E-state index in [-0.39, 0.29) is 5.82 Å². The van der Waals surface area contributed by atoms with Crippen LogP contribution in [0.1, 0.15) is 29.3 Å². The molecule has 0 saturated carbocycles. The second kappa shape index (κ2) is 4.90. The van der Waals surface area contributed by atoms with Gasteiger partial charge in [0.1, 0.15) is 5.82 Å². The van der Waals surface area contributed by atoms with Crippen LogP contribution in [0.2, 0.25) is 0 Å². The number of nitrogens with two attached hydrogens (primary N) is 1. The van der Waals surface area contributed by atoms with Gasteiger partial charge in [0.25, 0.3) is 0 Å². The summed E-state index contributed by atoms with van der Waals surface area (Å²) in [4.78, 5) is 3.06. The lowest BCUT2D eigenvalue weighted by Crippen LogP contribution is -2.21. The van der Waals surface area contributed by atoms with Crippen LogP contribution < -0.4 is 5.73 Å². The van der Waals surface area contributed by atoms with E-state index < -0.39 is 0 Å². The summed E-state index contributed by atoms with van der Waals surface area (Å²) in [6.45, 7) is 0.472. The summed E-state index contributed by atoms with van der Waals surface area (Å²) in [5, 5.41) is 0. The molecule has 1 aliphatic carbocycles. The number of aryl methyl sites for hydroxylation is 1. The maximum Gasteiger partial charge on any atom is 0.177 e. The van der Waals surface area contributed by atoms with Crippen LogP contribution in [0.3, 0.4) is 0 Å². The molecule has 1 unspecified atom stereocenters. The third-order valence-corrected chi connectivity index (χ3v) is 4.15. The molecule has 19 heavy (non-hydrogen) atoms. The Morgan fingerprint density at radius 3 is 3.05 bits per heavy atom. The average Bonchev–Trinajstić information content (AvgIpc) is 2.79. The summed E-state index contributed by atoms with van der Waals surface area (Å²) in [7, 11) is 0.